The van der Waals surface area contributed by atoms with Crippen molar-refractivity contribution >= 4 is 63.7 Å². The molecule has 0 spiro atoms. The lowest BCUT2D eigenvalue weighted by molar-refractivity contribution is 0.0975. The van der Waals surface area contributed by atoms with E-state index >= 15 is 0 Å². The summed E-state index contributed by atoms with van der Waals surface area (Å²) in [5.74, 6) is -0.296. The average molecular weight is 464 g/mol. The van der Waals surface area contributed by atoms with Gasteiger partial charge in [-0.1, -0.05) is 23.2 Å². The standard InChI is InChI=1S/C20H15Cl2N3O4S/c1-28-16-7-5-12(23-19(27)17-3-2-8-29-17)10-15(16)24-20(30)25-18(26)13-6-4-11(21)9-14(13)22/h2-10H,1H3,(H,23,27)(H2,24,25,26,30). The molecule has 0 aliphatic carbocycles. The quantitative estimate of drug-likeness (QED) is 0.462. The maximum Gasteiger partial charge on any atom is 0.291 e. The Kier molecular flexibility index (Phi) is 6.94. The van der Waals surface area contributed by atoms with Gasteiger partial charge in [-0.15, -0.1) is 0 Å². The van der Waals surface area contributed by atoms with Crippen LogP contribution in [0.25, 0.3) is 0 Å². The minimum atomic E-state index is -0.504. The summed E-state index contributed by atoms with van der Waals surface area (Å²) in [6.07, 6.45) is 1.41. The molecule has 7 nitrogen and oxygen atoms in total. The Hall–Kier alpha value is -3.07. The van der Waals surface area contributed by atoms with E-state index in [0.717, 1.165) is 0 Å². The smallest absolute Gasteiger partial charge is 0.291 e. The summed E-state index contributed by atoms with van der Waals surface area (Å²) in [5, 5.41) is 8.73. The van der Waals surface area contributed by atoms with Crippen molar-refractivity contribution in [3.05, 3.63) is 76.2 Å². The number of anilines is 2. The number of nitrogens with one attached hydrogen (secondary N) is 3. The van der Waals surface area contributed by atoms with Gasteiger partial charge in [-0.3, -0.25) is 14.9 Å². The van der Waals surface area contributed by atoms with Gasteiger partial charge in [0.2, 0.25) is 0 Å². The van der Waals surface area contributed by atoms with E-state index in [1.165, 1.54) is 25.5 Å². The molecule has 0 bridgehead atoms. The van der Waals surface area contributed by atoms with Crippen LogP contribution in [0.1, 0.15) is 20.9 Å². The topological polar surface area (TPSA) is 92.6 Å². The molecule has 3 rings (SSSR count). The van der Waals surface area contributed by atoms with Gasteiger partial charge in [-0.05, 0) is 60.7 Å². The van der Waals surface area contributed by atoms with Gasteiger partial charge in [0.05, 0.1) is 29.6 Å². The average Bonchev–Trinajstić information content (AvgIpc) is 3.23. The number of benzene rings is 2. The van der Waals surface area contributed by atoms with Crippen LogP contribution >= 0.6 is 35.4 Å². The third-order valence-corrected chi connectivity index (χ3v) is 4.61. The summed E-state index contributed by atoms with van der Waals surface area (Å²) in [6.45, 7) is 0. The maximum atomic E-state index is 12.4. The fourth-order valence-corrected chi connectivity index (χ4v) is 3.18. The predicted octanol–water partition coefficient (Wildman–Crippen LogP) is 4.97. The van der Waals surface area contributed by atoms with Crippen LogP contribution in [0.15, 0.2) is 59.2 Å². The Bertz CT molecular complexity index is 1100. The first-order chi connectivity index (χ1) is 14.4. The van der Waals surface area contributed by atoms with Crippen molar-refractivity contribution in [3.8, 4) is 5.75 Å². The van der Waals surface area contributed by atoms with Crippen molar-refractivity contribution in [1.82, 2.24) is 5.32 Å². The normalized spacial score (nSPS) is 10.2. The highest BCUT2D eigenvalue weighted by atomic mass is 35.5. The lowest BCUT2D eigenvalue weighted by Crippen LogP contribution is -2.34. The number of furan rings is 1. The Morgan fingerprint density at radius 2 is 1.83 bits per heavy atom. The molecule has 0 unspecified atom stereocenters. The van der Waals surface area contributed by atoms with Crippen LogP contribution in [0.3, 0.4) is 0 Å². The van der Waals surface area contributed by atoms with Gasteiger partial charge in [-0.25, -0.2) is 0 Å². The zero-order valence-corrected chi connectivity index (χ0v) is 17.8. The van der Waals surface area contributed by atoms with Crippen LogP contribution in [0.4, 0.5) is 11.4 Å². The summed E-state index contributed by atoms with van der Waals surface area (Å²) < 4.78 is 10.4. The van der Waals surface area contributed by atoms with E-state index in [0.29, 0.717) is 22.1 Å². The lowest BCUT2D eigenvalue weighted by atomic mass is 10.2. The molecule has 154 valence electrons. The third-order valence-electron chi connectivity index (χ3n) is 3.85. The molecular formula is C20H15Cl2N3O4S. The van der Waals surface area contributed by atoms with Gasteiger partial charge in [0.15, 0.2) is 10.9 Å². The number of methoxy groups -OCH3 is 1. The molecule has 30 heavy (non-hydrogen) atoms. The lowest BCUT2D eigenvalue weighted by Gasteiger charge is -2.15. The molecule has 0 fully saturated rings. The summed E-state index contributed by atoms with van der Waals surface area (Å²) in [6, 6.07) is 12.6. The van der Waals surface area contributed by atoms with Crippen molar-refractivity contribution in [3.63, 3.8) is 0 Å². The maximum absolute atomic E-state index is 12.4. The molecule has 2 amide bonds. The van der Waals surface area contributed by atoms with E-state index in [1.54, 1.807) is 36.4 Å². The van der Waals surface area contributed by atoms with E-state index in [-0.39, 0.29) is 21.5 Å². The minimum Gasteiger partial charge on any atom is -0.495 e. The van der Waals surface area contributed by atoms with Crippen molar-refractivity contribution in [2.75, 3.05) is 17.7 Å². The third kappa shape index (κ3) is 5.29. The number of ether oxygens (including phenoxy) is 1. The first kappa shape index (κ1) is 21.6. The fraction of sp³-hybridized carbons (Fsp3) is 0.0500. The molecule has 1 heterocycles. The highest BCUT2D eigenvalue weighted by Crippen LogP contribution is 2.28. The molecule has 0 saturated heterocycles. The SMILES string of the molecule is COc1ccc(NC(=O)c2ccco2)cc1NC(=S)NC(=O)c1ccc(Cl)cc1Cl. The zero-order chi connectivity index (χ0) is 21.7. The van der Waals surface area contributed by atoms with Crippen molar-refractivity contribution in [2.45, 2.75) is 0 Å². The Morgan fingerprint density at radius 3 is 2.50 bits per heavy atom. The van der Waals surface area contributed by atoms with Crippen molar-refractivity contribution in [1.29, 1.82) is 0 Å². The van der Waals surface area contributed by atoms with Crippen LogP contribution in [-0.2, 0) is 0 Å². The van der Waals surface area contributed by atoms with Gasteiger partial charge < -0.3 is 19.8 Å². The Labute approximate surface area is 187 Å². The fourth-order valence-electron chi connectivity index (χ4n) is 2.48. The second-order valence-corrected chi connectivity index (χ2v) is 7.13. The number of amides is 2. The van der Waals surface area contributed by atoms with Crippen molar-refractivity contribution in [2.24, 2.45) is 0 Å². The summed E-state index contributed by atoms with van der Waals surface area (Å²) in [4.78, 5) is 24.6. The highest BCUT2D eigenvalue weighted by molar-refractivity contribution is 7.80. The van der Waals surface area contributed by atoms with Gasteiger partial charge in [0, 0.05) is 10.7 Å². The summed E-state index contributed by atoms with van der Waals surface area (Å²) in [7, 11) is 1.48. The number of carbonyl (C=O) groups excluding carboxylic acids is 2. The number of hydrogen-bond donors (Lipinski definition) is 3. The molecule has 0 radical (unpaired) electrons. The molecule has 0 aliphatic rings. The van der Waals surface area contributed by atoms with Gasteiger partial charge >= 0.3 is 0 Å². The first-order valence-corrected chi connectivity index (χ1v) is 9.64. The first-order valence-electron chi connectivity index (χ1n) is 8.47. The monoisotopic (exact) mass is 463 g/mol. The Morgan fingerprint density at radius 1 is 1.03 bits per heavy atom. The molecule has 1 aromatic heterocycles. The molecule has 0 saturated carbocycles. The van der Waals surface area contributed by atoms with Crippen LogP contribution in [0.5, 0.6) is 5.75 Å². The van der Waals surface area contributed by atoms with Gasteiger partial charge in [0.1, 0.15) is 5.75 Å². The molecule has 3 aromatic rings. The van der Waals surface area contributed by atoms with E-state index in [1.807, 2.05) is 0 Å². The van der Waals surface area contributed by atoms with E-state index < -0.39 is 11.8 Å². The second kappa shape index (κ2) is 9.62. The van der Waals surface area contributed by atoms with Crippen molar-refractivity contribution < 1.29 is 18.7 Å². The minimum absolute atomic E-state index is 0.0128. The second-order valence-electron chi connectivity index (χ2n) is 5.88. The molecule has 10 heteroatoms. The molecule has 3 N–H and O–H groups in total. The predicted molar refractivity (Wildman–Crippen MR) is 120 cm³/mol. The molecule has 0 aliphatic heterocycles. The number of hydrogen-bond acceptors (Lipinski definition) is 5. The van der Waals surface area contributed by atoms with Gasteiger partial charge in [-0.2, -0.15) is 0 Å². The summed E-state index contributed by atoms with van der Waals surface area (Å²) in [5.41, 5.74) is 1.12. The molecule has 0 atom stereocenters. The molecular weight excluding hydrogens is 449 g/mol. The number of thiocarbonyl (C=S) groups is 1. The Balaban J connectivity index is 1.71. The number of halogens is 2. The van der Waals surface area contributed by atoms with Crippen LogP contribution in [-0.4, -0.2) is 24.0 Å². The van der Waals surface area contributed by atoms with Crippen LogP contribution in [0, 0.1) is 0 Å². The molecule has 2 aromatic carbocycles. The zero-order valence-electron chi connectivity index (χ0n) is 15.5. The van der Waals surface area contributed by atoms with E-state index in [4.69, 9.17) is 44.6 Å². The number of carbonyl (C=O) groups is 2. The van der Waals surface area contributed by atoms with E-state index in [2.05, 4.69) is 16.0 Å². The van der Waals surface area contributed by atoms with Gasteiger partial charge in [0.25, 0.3) is 11.8 Å². The number of rotatable bonds is 5. The largest absolute Gasteiger partial charge is 0.495 e. The highest BCUT2D eigenvalue weighted by Gasteiger charge is 2.15. The van der Waals surface area contributed by atoms with Crippen LogP contribution in [0.2, 0.25) is 10.0 Å². The van der Waals surface area contributed by atoms with Crippen LogP contribution < -0.4 is 20.7 Å². The van der Waals surface area contributed by atoms with E-state index in [9.17, 15) is 9.59 Å². The summed E-state index contributed by atoms with van der Waals surface area (Å²) >= 11 is 17.1.